The Balaban J connectivity index is 2.09. The molecule has 0 aliphatic heterocycles. The van der Waals surface area contributed by atoms with Crippen molar-refractivity contribution in [2.75, 3.05) is 12.4 Å². The number of hydrogen-bond acceptors (Lipinski definition) is 4. The summed E-state index contributed by atoms with van der Waals surface area (Å²) in [5.74, 6) is -0.800. The normalized spacial score (nSPS) is 11.6. The summed E-state index contributed by atoms with van der Waals surface area (Å²) in [7, 11) is 1.46. The van der Waals surface area contributed by atoms with Crippen LogP contribution in [0.4, 0.5) is 5.69 Å². The molecule has 132 valence electrons. The lowest BCUT2D eigenvalue weighted by molar-refractivity contribution is -0.123. The second-order valence-corrected chi connectivity index (χ2v) is 6.21. The van der Waals surface area contributed by atoms with Crippen LogP contribution in [0.1, 0.15) is 22.8 Å². The maximum absolute atomic E-state index is 12.3. The Morgan fingerprint density at radius 2 is 1.84 bits per heavy atom. The minimum Gasteiger partial charge on any atom is -0.496 e. The highest BCUT2D eigenvalue weighted by atomic mass is 35.5. The topological polar surface area (TPSA) is 64.6 Å². The van der Waals surface area contributed by atoms with E-state index in [1.54, 1.807) is 24.3 Å². The van der Waals surface area contributed by atoms with Crippen LogP contribution in [0, 0.1) is 6.92 Å². The molecule has 2 aromatic carbocycles. The Morgan fingerprint density at radius 3 is 2.52 bits per heavy atom. The van der Waals surface area contributed by atoms with Gasteiger partial charge >= 0.3 is 5.97 Å². The number of esters is 1. The smallest absolute Gasteiger partial charge is 0.342 e. The minimum absolute atomic E-state index is 0.253. The molecule has 0 radical (unpaired) electrons. The Labute approximate surface area is 155 Å². The van der Waals surface area contributed by atoms with Crippen LogP contribution >= 0.6 is 23.2 Å². The van der Waals surface area contributed by atoms with Crippen molar-refractivity contribution < 1.29 is 19.1 Å². The Kier molecular flexibility index (Phi) is 6.28. The average Bonchev–Trinajstić information content (AvgIpc) is 2.57. The van der Waals surface area contributed by atoms with Gasteiger partial charge in [-0.1, -0.05) is 34.8 Å². The lowest BCUT2D eigenvalue weighted by Gasteiger charge is -2.15. The molecule has 1 amide bonds. The number of hydrogen-bond donors (Lipinski definition) is 1. The van der Waals surface area contributed by atoms with Crippen molar-refractivity contribution in [1.82, 2.24) is 0 Å². The van der Waals surface area contributed by atoms with E-state index >= 15 is 0 Å². The first-order valence-electron chi connectivity index (χ1n) is 7.43. The van der Waals surface area contributed by atoms with E-state index < -0.39 is 18.0 Å². The summed E-state index contributed by atoms with van der Waals surface area (Å²) >= 11 is 11.9. The highest BCUT2D eigenvalue weighted by molar-refractivity contribution is 6.35. The molecule has 0 bridgehead atoms. The molecule has 0 spiro atoms. The third-order valence-electron chi connectivity index (χ3n) is 3.41. The summed E-state index contributed by atoms with van der Waals surface area (Å²) < 4.78 is 10.4. The van der Waals surface area contributed by atoms with E-state index in [1.807, 2.05) is 13.0 Å². The van der Waals surface area contributed by atoms with E-state index in [0.717, 1.165) is 5.56 Å². The van der Waals surface area contributed by atoms with Gasteiger partial charge in [0.25, 0.3) is 5.91 Å². The molecule has 1 N–H and O–H groups in total. The van der Waals surface area contributed by atoms with Crippen LogP contribution in [-0.2, 0) is 9.53 Å². The van der Waals surface area contributed by atoms with Crippen LogP contribution in [0.25, 0.3) is 0 Å². The van der Waals surface area contributed by atoms with Crippen molar-refractivity contribution in [1.29, 1.82) is 0 Å². The van der Waals surface area contributed by atoms with Gasteiger partial charge in [-0.25, -0.2) is 4.79 Å². The Bertz CT molecular complexity index is 808. The highest BCUT2D eigenvalue weighted by Gasteiger charge is 2.22. The molecule has 0 aliphatic carbocycles. The van der Waals surface area contributed by atoms with Crippen LogP contribution in [0.3, 0.4) is 0 Å². The zero-order valence-electron chi connectivity index (χ0n) is 13.9. The van der Waals surface area contributed by atoms with Crippen LogP contribution in [0.2, 0.25) is 10.0 Å². The highest BCUT2D eigenvalue weighted by Crippen LogP contribution is 2.26. The molecule has 7 heteroatoms. The van der Waals surface area contributed by atoms with Gasteiger partial charge in [-0.3, -0.25) is 4.79 Å². The van der Waals surface area contributed by atoms with E-state index in [0.29, 0.717) is 21.5 Å². The number of amides is 1. The summed E-state index contributed by atoms with van der Waals surface area (Å²) in [5.41, 5.74) is 1.47. The fourth-order valence-electron chi connectivity index (χ4n) is 2.09. The number of benzene rings is 2. The summed E-state index contributed by atoms with van der Waals surface area (Å²) in [5, 5.41) is 3.34. The van der Waals surface area contributed by atoms with Crippen molar-refractivity contribution in [3.63, 3.8) is 0 Å². The van der Waals surface area contributed by atoms with Gasteiger partial charge in [-0.15, -0.1) is 0 Å². The molecule has 0 unspecified atom stereocenters. The monoisotopic (exact) mass is 381 g/mol. The van der Waals surface area contributed by atoms with Gasteiger partial charge in [0.2, 0.25) is 0 Å². The molecule has 5 nitrogen and oxygen atoms in total. The summed E-state index contributed by atoms with van der Waals surface area (Å²) in [6.07, 6.45) is -1.03. The molecular formula is C18H17Cl2NO4. The second kappa shape index (κ2) is 8.23. The number of methoxy groups -OCH3 is 1. The molecule has 2 aromatic rings. The van der Waals surface area contributed by atoms with Gasteiger partial charge in [-0.05, 0) is 44.2 Å². The van der Waals surface area contributed by atoms with Gasteiger partial charge in [0.05, 0.1) is 17.8 Å². The predicted molar refractivity (Wildman–Crippen MR) is 97.7 cm³/mol. The van der Waals surface area contributed by atoms with E-state index in [4.69, 9.17) is 32.7 Å². The van der Waals surface area contributed by atoms with Crippen molar-refractivity contribution in [2.24, 2.45) is 0 Å². The molecule has 2 rings (SSSR count). The van der Waals surface area contributed by atoms with E-state index in [2.05, 4.69) is 5.32 Å². The number of rotatable bonds is 5. The zero-order valence-corrected chi connectivity index (χ0v) is 15.4. The molecule has 0 saturated heterocycles. The van der Waals surface area contributed by atoms with Crippen molar-refractivity contribution in [2.45, 2.75) is 20.0 Å². The first kappa shape index (κ1) is 19.1. The van der Waals surface area contributed by atoms with Crippen molar-refractivity contribution in [3.8, 4) is 5.75 Å². The summed E-state index contributed by atoms with van der Waals surface area (Å²) in [6.45, 7) is 3.31. The van der Waals surface area contributed by atoms with E-state index in [1.165, 1.54) is 20.1 Å². The molecule has 0 heterocycles. The van der Waals surface area contributed by atoms with E-state index in [-0.39, 0.29) is 5.56 Å². The van der Waals surface area contributed by atoms with E-state index in [9.17, 15) is 9.59 Å². The third kappa shape index (κ3) is 4.87. The first-order valence-corrected chi connectivity index (χ1v) is 8.19. The van der Waals surface area contributed by atoms with Gasteiger partial charge in [0.15, 0.2) is 6.10 Å². The lowest BCUT2D eigenvalue weighted by Crippen LogP contribution is -2.30. The largest absolute Gasteiger partial charge is 0.496 e. The zero-order chi connectivity index (χ0) is 18.6. The number of halogens is 2. The number of anilines is 1. The number of carbonyl (C=O) groups excluding carboxylic acids is 2. The predicted octanol–water partition coefficient (Wildman–Crippen LogP) is 4.49. The third-order valence-corrected chi connectivity index (χ3v) is 3.98. The Morgan fingerprint density at radius 1 is 1.12 bits per heavy atom. The molecule has 25 heavy (non-hydrogen) atoms. The fraction of sp³-hybridized carbons (Fsp3) is 0.222. The Hall–Kier alpha value is -2.24. The molecule has 0 fully saturated rings. The quantitative estimate of drug-likeness (QED) is 0.774. The molecular weight excluding hydrogens is 365 g/mol. The molecule has 0 saturated carbocycles. The summed E-state index contributed by atoms with van der Waals surface area (Å²) in [4.78, 5) is 24.6. The molecule has 1 atom stereocenters. The van der Waals surface area contributed by atoms with Gasteiger partial charge < -0.3 is 14.8 Å². The number of carbonyl (C=O) groups is 2. The second-order valence-electron chi connectivity index (χ2n) is 5.36. The molecule has 0 aliphatic rings. The minimum atomic E-state index is -1.03. The van der Waals surface area contributed by atoms with Gasteiger partial charge in [-0.2, -0.15) is 0 Å². The number of aryl methyl sites for hydroxylation is 1. The first-order chi connectivity index (χ1) is 11.8. The fourth-order valence-corrected chi connectivity index (χ4v) is 2.42. The maximum atomic E-state index is 12.3. The van der Waals surface area contributed by atoms with Crippen LogP contribution in [0.5, 0.6) is 5.75 Å². The van der Waals surface area contributed by atoms with Crippen molar-refractivity contribution in [3.05, 3.63) is 57.6 Å². The SMILES string of the molecule is COc1ccc(C)cc1C(=O)O[C@@H](C)C(=O)Nc1cc(Cl)ccc1Cl. The van der Waals surface area contributed by atoms with Crippen LogP contribution in [-0.4, -0.2) is 25.1 Å². The lowest BCUT2D eigenvalue weighted by atomic mass is 10.1. The van der Waals surface area contributed by atoms with Crippen molar-refractivity contribution >= 4 is 40.8 Å². The average molecular weight is 382 g/mol. The summed E-state index contributed by atoms with van der Waals surface area (Å²) in [6, 6.07) is 9.80. The van der Waals surface area contributed by atoms with Gasteiger partial charge in [0.1, 0.15) is 11.3 Å². The number of ether oxygens (including phenoxy) is 2. The molecule has 0 aromatic heterocycles. The maximum Gasteiger partial charge on any atom is 0.342 e. The van der Waals surface area contributed by atoms with Crippen LogP contribution in [0.15, 0.2) is 36.4 Å². The van der Waals surface area contributed by atoms with Crippen LogP contribution < -0.4 is 10.1 Å². The number of nitrogens with one attached hydrogen (secondary N) is 1. The standard InChI is InChI=1S/C18H17Cl2NO4/c1-10-4-7-16(24-3)13(8-10)18(23)25-11(2)17(22)21-15-9-12(19)5-6-14(15)20/h4-9,11H,1-3H3,(H,21,22)/t11-/m0/s1. The van der Waals surface area contributed by atoms with Gasteiger partial charge in [0, 0.05) is 5.02 Å².